The van der Waals surface area contributed by atoms with Gasteiger partial charge in [0, 0.05) is 24.4 Å². The first-order chi connectivity index (χ1) is 9.11. The number of carbonyl (C=O) groups excluding carboxylic acids is 1. The maximum absolute atomic E-state index is 12.1. The Kier molecular flexibility index (Phi) is 4.43. The highest BCUT2D eigenvalue weighted by atomic mass is 16.3. The molecule has 0 aromatic heterocycles. The number of nitrogens with one attached hydrogen (secondary N) is 1. The number of aliphatic hydroxyl groups is 1. The Balaban J connectivity index is 1.94. The molecule has 2 unspecified atom stereocenters. The number of anilines is 1. The van der Waals surface area contributed by atoms with E-state index in [2.05, 4.69) is 5.32 Å². The molecule has 4 heteroatoms. The van der Waals surface area contributed by atoms with Crippen LogP contribution in [0.4, 0.5) is 5.69 Å². The number of hydrogen-bond acceptors (Lipinski definition) is 3. The van der Waals surface area contributed by atoms with Crippen LogP contribution in [0.25, 0.3) is 0 Å². The van der Waals surface area contributed by atoms with Gasteiger partial charge in [-0.25, -0.2) is 0 Å². The molecule has 2 atom stereocenters. The van der Waals surface area contributed by atoms with Crippen molar-refractivity contribution in [1.29, 1.82) is 0 Å². The summed E-state index contributed by atoms with van der Waals surface area (Å²) in [7, 11) is 0. The van der Waals surface area contributed by atoms with E-state index in [9.17, 15) is 9.90 Å². The third-order valence-electron chi connectivity index (χ3n) is 4.07. The van der Waals surface area contributed by atoms with Gasteiger partial charge in [-0.05, 0) is 55.4 Å². The molecule has 0 saturated heterocycles. The van der Waals surface area contributed by atoms with Crippen molar-refractivity contribution < 1.29 is 9.90 Å². The molecule has 0 heterocycles. The maximum Gasteiger partial charge on any atom is 0.251 e. The number of rotatable bonds is 4. The molecule has 0 aliphatic heterocycles. The van der Waals surface area contributed by atoms with E-state index in [-0.39, 0.29) is 12.5 Å². The molecule has 0 radical (unpaired) electrons. The predicted octanol–water partition coefficient (Wildman–Crippen LogP) is 1.72. The van der Waals surface area contributed by atoms with Crippen molar-refractivity contribution in [3.63, 3.8) is 0 Å². The largest absolute Gasteiger partial charge is 0.399 e. The van der Waals surface area contributed by atoms with Crippen molar-refractivity contribution in [2.24, 2.45) is 11.8 Å². The standard InChI is InChI=1S/C15H22N2O2/c1-10-7-13(16)5-6-14(10)15(19)17-8-11-3-2-4-12(11)9-18/h5-7,11-12,18H,2-4,8-9,16H2,1H3,(H,17,19). The minimum Gasteiger partial charge on any atom is -0.399 e. The van der Waals surface area contributed by atoms with E-state index in [1.807, 2.05) is 6.92 Å². The van der Waals surface area contributed by atoms with Crippen molar-refractivity contribution in [3.05, 3.63) is 29.3 Å². The van der Waals surface area contributed by atoms with Crippen LogP contribution in [-0.4, -0.2) is 24.2 Å². The van der Waals surface area contributed by atoms with Gasteiger partial charge in [-0.3, -0.25) is 4.79 Å². The van der Waals surface area contributed by atoms with Crippen molar-refractivity contribution >= 4 is 11.6 Å². The number of amides is 1. The van der Waals surface area contributed by atoms with E-state index in [1.54, 1.807) is 18.2 Å². The SMILES string of the molecule is Cc1cc(N)ccc1C(=O)NCC1CCCC1CO. The van der Waals surface area contributed by atoms with Gasteiger partial charge < -0.3 is 16.2 Å². The fraction of sp³-hybridized carbons (Fsp3) is 0.533. The summed E-state index contributed by atoms with van der Waals surface area (Å²) in [6.07, 6.45) is 3.30. The van der Waals surface area contributed by atoms with Crippen LogP contribution in [0.5, 0.6) is 0 Å². The molecule has 19 heavy (non-hydrogen) atoms. The first-order valence-corrected chi connectivity index (χ1v) is 6.87. The van der Waals surface area contributed by atoms with E-state index in [1.165, 1.54) is 0 Å². The second-order valence-electron chi connectivity index (χ2n) is 5.42. The number of nitrogen functional groups attached to an aromatic ring is 1. The molecular formula is C15H22N2O2. The molecule has 4 nitrogen and oxygen atoms in total. The van der Waals surface area contributed by atoms with Gasteiger partial charge in [0.25, 0.3) is 5.91 Å². The minimum absolute atomic E-state index is 0.0545. The Morgan fingerprint density at radius 3 is 2.84 bits per heavy atom. The fourth-order valence-electron chi connectivity index (χ4n) is 2.88. The van der Waals surface area contributed by atoms with E-state index in [4.69, 9.17) is 5.73 Å². The number of carbonyl (C=O) groups is 1. The molecule has 104 valence electrons. The number of benzene rings is 1. The van der Waals surface area contributed by atoms with E-state index in [0.717, 1.165) is 24.8 Å². The molecule has 0 spiro atoms. The predicted molar refractivity (Wildman–Crippen MR) is 75.8 cm³/mol. The van der Waals surface area contributed by atoms with Gasteiger partial charge in [-0.1, -0.05) is 6.42 Å². The Labute approximate surface area is 114 Å². The average molecular weight is 262 g/mol. The summed E-state index contributed by atoms with van der Waals surface area (Å²) in [4.78, 5) is 12.1. The zero-order valence-electron chi connectivity index (χ0n) is 11.4. The molecule has 1 aliphatic carbocycles. The Hall–Kier alpha value is -1.55. The first-order valence-electron chi connectivity index (χ1n) is 6.87. The van der Waals surface area contributed by atoms with Crippen LogP contribution in [-0.2, 0) is 0 Å². The lowest BCUT2D eigenvalue weighted by molar-refractivity contribution is 0.0937. The number of nitrogens with two attached hydrogens (primary N) is 1. The molecule has 1 aliphatic rings. The average Bonchev–Trinajstić information content (AvgIpc) is 2.83. The van der Waals surface area contributed by atoms with Crippen LogP contribution >= 0.6 is 0 Å². The summed E-state index contributed by atoms with van der Waals surface area (Å²) < 4.78 is 0. The van der Waals surface area contributed by atoms with Crippen molar-refractivity contribution in [2.45, 2.75) is 26.2 Å². The van der Waals surface area contributed by atoms with Crippen LogP contribution in [0.3, 0.4) is 0 Å². The normalized spacial score (nSPS) is 22.4. The van der Waals surface area contributed by atoms with Crippen LogP contribution in [0.15, 0.2) is 18.2 Å². The molecule has 1 saturated carbocycles. The fourth-order valence-corrected chi connectivity index (χ4v) is 2.88. The summed E-state index contributed by atoms with van der Waals surface area (Å²) in [6.45, 7) is 2.76. The second kappa shape index (κ2) is 6.06. The summed E-state index contributed by atoms with van der Waals surface area (Å²) in [5.74, 6) is 0.692. The van der Waals surface area contributed by atoms with E-state index < -0.39 is 0 Å². The lowest BCUT2D eigenvalue weighted by Gasteiger charge is -2.18. The van der Waals surface area contributed by atoms with Crippen LogP contribution in [0.1, 0.15) is 35.2 Å². The lowest BCUT2D eigenvalue weighted by atomic mass is 9.97. The molecule has 2 rings (SSSR count). The minimum atomic E-state index is -0.0545. The Bertz CT molecular complexity index is 459. The highest BCUT2D eigenvalue weighted by Gasteiger charge is 2.26. The van der Waals surface area contributed by atoms with Gasteiger partial charge >= 0.3 is 0 Å². The molecule has 1 fully saturated rings. The number of hydrogen-bond donors (Lipinski definition) is 3. The quantitative estimate of drug-likeness (QED) is 0.723. The first kappa shape index (κ1) is 13.9. The van der Waals surface area contributed by atoms with E-state index in [0.29, 0.717) is 29.6 Å². The smallest absolute Gasteiger partial charge is 0.251 e. The van der Waals surface area contributed by atoms with Gasteiger partial charge in [-0.15, -0.1) is 0 Å². The molecular weight excluding hydrogens is 240 g/mol. The van der Waals surface area contributed by atoms with Gasteiger partial charge in [0.05, 0.1) is 0 Å². The molecule has 0 bridgehead atoms. The van der Waals surface area contributed by atoms with E-state index >= 15 is 0 Å². The summed E-state index contributed by atoms with van der Waals surface area (Å²) in [5.41, 5.74) is 7.91. The van der Waals surface area contributed by atoms with Crippen molar-refractivity contribution in [1.82, 2.24) is 5.32 Å². The number of aryl methyl sites for hydroxylation is 1. The summed E-state index contributed by atoms with van der Waals surface area (Å²) in [6, 6.07) is 5.31. The monoisotopic (exact) mass is 262 g/mol. The zero-order chi connectivity index (χ0) is 13.8. The maximum atomic E-state index is 12.1. The highest BCUT2D eigenvalue weighted by Crippen LogP contribution is 2.30. The highest BCUT2D eigenvalue weighted by molar-refractivity contribution is 5.96. The zero-order valence-corrected chi connectivity index (χ0v) is 11.4. The molecule has 4 N–H and O–H groups in total. The third kappa shape index (κ3) is 3.26. The third-order valence-corrected chi connectivity index (χ3v) is 4.07. The van der Waals surface area contributed by atoms with Gasteiger partial charge in [0.15, 0.2) is 0 Å². The topological polar surface area (TPSA) is 75.4 Å². The van der Waals surface area contributed by atoms with Crippen LogP contribution < -0.4 is 11.1 Å². The summed E-state index contributed by atoms with van der Waals surface area (Å²) in [5, 5.41) is 12.2. The van der Waals surface area contributed by atoms with Crippen molar-refractivity contribution in [3.8, 4) is 0 Å². The Morgan fingerprint density at radius 1 is 1.42 bits per heavy atom. The van der Waals surface area contributed by atoms with Gasteiger partial charge in [-0.2, -0.15) is 0 Å². The number of aliphatic hydroxyl groups excluding tert-OH is 1. The second-order valence-corrected chi connectivity index (χ2v) is 5.42. The lowest BCUT2D eigenvalue weighted by Crippen LogP contribution is -2.32. The molecule has 1 amide bonds. The van der Waals surface area contributed by atoms with Crippen LogP contribution in [0, 0.1) is 18.8 Å². The molecule has 1 aromatic carbocycles. The van der Waals surface area contributed by atoms with Crippen LogP contribution in [0.2, 0.25) is 0 Å². The summed E-state index contributed by atoms with van der Waals surface area (Å²) >= 11 is 0. The molecule has 1 aromatic rings. The Morgan fingerprint density at radius 2 is 2.16 bits per heavy atom. The van der Waals surface area contributed by atoms with Gasteiger partial charge in [0.2, 0.25) is 0 Å². The van der Waals surface area contributed by atoms with Gasteiger partial charge in [0.1, 0.15) is 0 Å². The van der Waals surface area contributed by atoms with Crippen molar-refractivity contribution in [2.75, 3.05) is 18.9 Å².